The average molecular weight is 373 g/mol. The van der Waals surface area contributed by atoms with Crippen molar-refractivity contribution in [2.45, 2.75) is 33.1 Å². The van der Waals surface area contributed by atoms with Gasteiger partial charge in [0.25, 0.3) is 5.91 Å². The molecule has 3 rings (SSSR count). The lowest BCUT2D eigenvalue weighted by Gasteiger charge is -2.10. The molecule has 0 saturated carbocycles. The summed E-state index contributed by atoms with van der Waals surface area (Å²) in [4.78, 5) is 21.4. The van der Waals surface area contributed by atoms with Crippen molar-refractivity contribution in [3.8, 4) is 17.6 Å². The molecule has 28 heavy (non-hydrogen) atoms. The Hall–Kier alpha value is -3.39. The highest BCUT2D eigenvalue weighted by atomic mass is 16.5. The quantitative estimate of drug-likeness (QED) is 0.500. The summed E-state index contributed by atoms with van der Waals surface area (Å²) in [6.07, 6.45) is 4.29. The number of aryl methyl sites for hydroxylation is 1. The molecular formula is C23H23N3O2. The number of anilines is 1. The highest BCUT2D eigenvalue weighted by Gasteiger charge is 2.13. The second kappa shape index (κ2) is 9.52. The Morgan fingerprint density at radius 1 is 1.14 bits per heavy atom. The van der Waals surface area contributed by atoms with Gasteiger partial charge >= 0.3 is 0 Å². The van der Waals surface area contributed by atoms with Crippen LogP contribution in [0.25, 0.3) is 11.0 Å². The van der Waals surface area contributed by atoms with Crippen LogP contribution in [0.15, 0.2) is 48.7 Å². The maximum absolute atomic E-state index is 12.7. The van der Waals surface area contributed by atoms with Crippen LogP contribution in [-0.2, 0) is 0 Å². The van der Waals surface area contributed by atoms with Crippen molar-refractivity contribution < 1.29 is 9.53 Å². The molecule has 0 radical (unpaired) electrons. The van der Waals surface area contributed by atoms with E-state index in [1.54, 1.807) is 12.3 Å². The first-order valence-corrected chi connectivity index (χ1v) is 9.39. The van der Waals surface area contributed by atoms with E-state index in [1.807, 2.05) is 50.2 Å². The van der Waals surface area contributed by atoms with Crippen molar-refractivity contribution in [2.75, 3.05) is 11.9 Å². The van der Waals surface area contributed by atoms with Crippen LogP contribution < -0.4 is 10.1 Å². The number of hydrogen-bond acceptors (Lipinski definition) is 4. The first kappa shape index (κ1) is 19.4. The molecular weight excluding hydrogens is 350 g/mol. The summed E-state index contributed by atoms with van der Waals surface area (Å²) in [5, 5.41) is 2.90. The zero-order chi connectivity index (χ0) is 19.8. The van der Waals surface area contributed by atoms with Gasteiger partial charge in [0.2, 0.25) is 0 Å². The Labute approximate surface area is 165 Å². The number of nitrogens with zero attached hydrogens (tertiary/aromatic N) is 2. The van der Waals surface area contributed by atoms with Gasteiger partial charge in [-0.05, 0) is 49.2 Å². The molecule has 2 heterocycles. The number of unbranched alkanes of at least 4 members (excludes halogenated alkanes) is 1. The van der Waals surface area contributed by atoms with Crippen LogP contribution in [-0.4, -0.2) is 22.5 Å². The van der Waals surface area contributed by atoms with Crippen LogP contribution in [0, 0.1) is 18.8 Å². The predicted octanol–water partition coefficient (Wildman–Crippen LogP) is 4.76. The summed E-state index contributed by atoms with van der Waals surface area (Å²) >= 11 is 0. The Balaban J connectivity index is 1.65. The number of fused-ring (bicyclic) bond motifs is 1. The molecule has 2 aromatic heterocycles. The number of aromatic nitrogens is 2. The fraction of sp³-hybridized carbons (Fsp3) is 0.261. The van der Waals surface area contributed by atoms with Gasteiger partial charge < -0.3 is 10.1 Å². The van der Waals surface area contributed by atoms with Crippen LogP contribution in [0.5, 0.6) is 5.75 Å². The molecule has 1 N–H and O–H groups in total. The largest absolute Gasteiger partial charge is 0.493 e. The van der Waals surface area contributed by atoms with Gasteiger partial charge in [-0.15, -0.1) is 11.8 Å². The van der Waals surface area contributed by atoms with Gasteiger partial charge in [0.1, 0.15) is 11.4 Å². The summed E-state index contributed by atoms with van der Waals surface area (Å²) in [6.45, 7) is 4.49. The van der Waals surface area contributed by atoms with Gasteiger partial charge in [0, 0.05) is 30.8 Å². The number of benzene rings is 1. The minimum absolute atomic E-state index is 0.254. The molecule has 5 heteroatoms. The van der Waals surface area contributed by atoms with E-state index < -0.39 is 0 Å². The van der Waals surface area contributed by atoms with Crippen molar-refractivity contribution >= 4 is 22.6 Å². The summed E-state index contributed by atoms with van der Waals surface area (Å²) in [6, 6.07) is 12.9. The van der Waals surface area contributed by atoms with E-state index >= 15 is 0 Å². The third-order valence-electron chi connectivity index (χ3n) is 4.10. The SMILES string of the molecule is CCC#CCCCOc1cccc(NC(=O)c2nc3cccnc3cc2C)c1. The Morgan fingerprint density at radius 3 is 2.89 bits per heavy atom. The molecule has 0 fully saturated rings. The summed E-state index contributed by atoms with van der Waals surface area (Å²) in [7, 11) is 0. The van der Waals surface area contributed by atoms with Crippen molar-refractivity contribution in [3.05, 3.63) is 59.9 Å². The standard InChI is InChI=1S/C23H23N3O2/c1-3-4-5-6-7-14-28-19-11-8-10-18(16-19)25-23(27)22-17(2)15-21-20(26-22)12-9-13-24-21/h8-13,15-16H,3,6-7,14H2,1-2H3,(H,25,27). The highest BCUT2D eigenvalue weighted by molar-refractivity contribution is 6.05. The summed E-state index contributed by atoms with van der Waals surface area (Å²) in [5.41, 5.74) is 3.31. The van der Waals surface area contributed by atoms with E-state index in [0.717, 1.165) is 30.3 Å². The van der Waals surface area contributed by atoms with E-state index in [2.05, 4.69) is 27.1 Å². The number of amides is 1. The van der Waals surface area contributed by atoms with E-state index in [1.165, 1.54) is 0 Å². The maximum atomic E-state index is 12.7. The third-order valence-corrected chi connectivity index (χ3v) is 4.10. The zero-order valence-corrected chi connectivity index (χ0v) is 16.2. The molecule has 0 aliphatic heterocycles. The molecule has 3 aromatic rings. The number of rotatable bonds is 6. The molecule has 0 saturated heterocycles. The normalized spacial score (nSPS) is 10.2. The summed E-state index contributed by atoms with van der Waals surface area (Å²) < 4.78 is 5.75. The lowest BCUT2D eigenvalue weighted by Crippen LogP contribution is -2.15. The molecule has 0 atom stereocenters. The molecule has 0 spiro atoms. The van der Waals surface area contributed by atoms with Gasteiger partial charge in [-0.3, -0.25) is 9.78 Å². The fourth-order valence-electron chi connectivity index (χ4n) is 2.74. The van der Waals surface area contributed by atoms with E-state index in [-0.39, 0.29) is 5.91 Å². The Kier molecular flexibility index (Phi) is 6.59. The first-order valence-electron chi connectivity index (χ1n) is 9.39. The minimum Gasteiger partial charge on any atom is -0.493 e. The van der Waals surface area contributed by atoms with E-state index in [9.17, 15) is 4.79 Å². The highest BCUT2D eigenvalue weighted by Crippen LogP contribution is 2.20. The molecule has 5 nitrogen and oxygen atoms in total. The molecule has 1 aromatic carbocycles. The molecule has 0 aliphatic rings. The summed E-state index contributed by atoms with van der Waals surface area (Å²) in [5.74, 6) is 6.60. The predicted molar refractivity (Wildman–Crippen MR) is 111 cm³/mol. The number of nitrogens with one attached hydrogen (secondary N) is 1. The van der Waals surface area contributed by atoms with Crippen molar-refractivity contribution in [3.63, 3.8) is 0 Å². The number of hydrogen-bond donors (Lipinski definition) is 1. The second-order valence-electron chi connectivity index (χ2n) is 6.34. The zero-order valence-electron chi connectivity index (χ0n) is 16.2. The number of pyridine rings is 2. The minimum atomic E-state index is -0.254. The van der Waals surface area contributed by atoms with Crippen LogP contribution in [0.2, 0.25) is 0 Å². The van der Waals surface area contributed by atoms with Gasteiger partial charge in [0.05, 0.1) is 17.6 Å². The topological polar surface area (TPSA) is 64.1 Å². The molecule has 0 bridgehead atoms. The molecule has 0 aliphatic carbocycles. The second-order valence-corrected chi connectivity index (χ2v) is 6.34. The van der Waals surface area contributed by atoms with Crippen molar-refractivity contribution in [1.82, 2.24) is 9.97 Å². The molecule has 0 unspecified atom stereocenters. The van der Waals surface area contributed by atoms with Gasteiger partial charge in [-0.1, -0.05) is 13.0 Å². The van der Waals surface area contributed by atoms with Crippen molar-refractivity contribution in [1.29, 1.82) is 0 Å². The van der Waals surface area contributed by atoms with Crippen LogP contribution in [0.1, 0.15) is 42.2 Å². The number of ether oxygens (including phenoxy) is 1. The third kappa shape index (κ3) is 5.08. The monoisotopic (exact) mass is 373 g/mol. The number of carbonyl (C=O) groups is 1. The maximum Gasteiger partial charge on any atom is 0.274 e. The fourth-order valence-corrected chi connectivity index (χ4v) is 2.74. The smallest absolute Gasteiger partial charge is 0.274 e. The van der Waals surface area contributed by atoms with Gasteiger partial charge in [-0.2, -0.15) is 0 Å². The average Bonchev–Trinajstić information content (AvgIpc) is 2.70. The van der Waals surface area contributed by atoms with Crippen LogP contribution in [0.3, 0.4) is 0 Å². The lowest BCUT2D eigenvalue weighted by atomic mass is 10.1. The van der Waals surface area contributed by atoms with Gasteiger partial charge in [0.15, 0.2) is 0 Å². The lowest BCUT2D eigenvalue weighted by molar-refractivity contribution is 0.102. The van der Waals surface area contributed by atoms with Crippen molar-refractivity contribution in [2.24, 2.45) is 0 Å². The number of carbonyl (C=O) groups excluding carboxylic acids is 1. The van der Waals surface area contributed by atoms with E-state index in [4.69, 9.17) is 4.74 Å². The van der Waals surface area contributed by atoms with E-state index in [0.29, 0.717) is 29.3 Å². The molecule has 1 amide bonds. The van der Waals surface area contributed by atoms with Crippen LogP contribution >= 0.6 is 0 Å². The van der Waals surface area contributed by atoms with Gasteiger partial charge in [-0.25, -0.2) is 4.98 Å². The van der Waals surface area contributed by atoms with Crippen LogP contribution in [0.4, 0.5) is 5.69 Å². The first-order chi connectivity index (χ1) is 13.7. The molecule has 142 valence electrons. The Morgan fingerprint density at radius 2 is 2.04 bits per heavy atom. The Bertz CT molecular complexity index is 1030.